The first-order valence-electron chi connectivity index (χ1n) is 8.18. The van der Waals surface area contributed by atoms with Gasteiger partial charge in [0.15, 0.2) is 5.82 Å². The second-order valence-electron chi connectivity index (χ2n) is 6.51. The fourth-order valence-corrected chi connectivity index (χ4v) is 2.42. The van der Waals surface area contributed by atoms with E-state index in [1.807, 2.05) is 18.2 Å². The van der Waals surface area contributed by atoms with Gasteiger partial charge in [0.1, 0.15) is 0 Å². The van der Waals surface area contributed by atoms with Crippen LogP contribution in [-0.4, -0.2) is 26.1 Å². The number of hydrogen-bond donors (Lipinski definition) is 2. The second-order valence-corrected chi connectivity index (χ2v) is 6.51. The van der Waals surface area contributed by atoms with Crippen LogP contribution in [0.3, 0.4) is 0 Å². The summed E-state index contributed by atoms with van der Waals surface area (Å²) in [6.07, 6.45) is 3.37. The molecule has 7 nitrogen and oxygen atoms in total. The third kappa shape index (κ3) is 4.12. The lowest BCUT2D eigenvalue weighted by molar-refractivity contribution is 0.0782. The highest BCUT2D eigenvalue weighted by Gasteiger charge is 2.17. The van der Waals surface area contributed by atoms with E-state index in [-0.39, 0.29) is 12.5 Å². The molecule has 2 N–H and O–H groups in total. The summed E-state index contributed by atoms with van der Waals surface area (Å²) in [4.78, 5) is 20.4. The average Bonchev–Trinajstić information content (AvgIpc) is 3.04. The van der Waals surface area contributed by atoms with Crippen LogP contribution in [0, 0.1) is 6.92 Å². The lowest BCUT2D eigenvalue weighted by Gasteiger charge is -2.18. The van der Waals surface area contributed by atoms with Crippen molar-refractivity contribution in [3.8, 4) is 11.1 Å². The molecule has 7 heteroatoms. The van der Waals surface area contributed by atoms with E-state index in [1.54, 1.807) is 45.3 Å². The Balaban J connectivity index is 1.71. The number of nitrogens with zero attached hydrogens (tertiary/aromatic N) is 3. The number of hydrogen-bond acceptors (Lipinski definition) is 6. The molecule has 26 heavy (non-hydrogen) atoms. The van der Waals surface area contributed by atoms with Crippen LogP contribution < -0.4 is 5.32 Å². The molecule has 0 radical (unpaired) electrons. The summed E-state index contributed by atoms with van der Waals surface area (Å²) in [5, 5.41) is 16.6. The predicted molar refractivity (Wildman–Crippen MR) is 95.1 cm³/mol. The molecule has 0 aliphatic rings. The topological polar surface area (TPSA) is 101 Å². The van der Waals surface area contributed by atoms with Crippen LogP contribution in [-0.2, 0) is 12.1 Å². The summed E-state index contributed by atoms with van der Waals surface area (Å²) >= 11 is 0. The number of nitrogens with one attached hydrogen (secondary N) is 1. The van der Waals surface area contributed by atoms with E-state index in [2.05, 4.69) is 20.4 Å². The van der Waals surface area contributed by atoms with Gasteiger partial charge in [0.2, 0.25) is 5.89 Å². The van der Waals surface area contributed by atoms with Crippen LogP contribution in [0.4, 0.5) is 0 Å². The molecule has 2 aromatic heterocycles. The first kappa shape index (κ1) is 17.8. The molecule has 3 aromatic rings. The number of benzene rings is 1. The zero-order chi connectivity index (χ0) is 18.7. The molecular weight excluding hydrogens is 332 g/mol. The first-order valence-corrected chi connectivity index (χ1v) is 8.18. The number of rotatable bonds is 5. The third-order valence-corrected chi connectivity index (χ3v) is 3.90. The van der Waals surface area contributed by atoms with E-state index in [9.17, 15) is 9.90 Å². The molecule has 0 unspecified atom stereocenters. The maximum absolute atomic E-state index is 12.2. The summed E-state index contributed by atoms with van der Waals surface area (Å²) in [5.41, 5.74) is 2.08. The molecule has 134 valence electrons. The predicted octanol–water partition coefficient (Wildman–Crippen LogP) is 2.60. The lowest BCUT2D eigenvalue weighted by Crippen LogP contribution is -2.23. The Hall–Kier alpha value is -3.06. The first-order chi connectivity index (χ1) is 12.3. The van der Waals surface area contributed by atoms with Gasteiger partial charge in [0, 0.05) is 36.0 Å². The Morgan fingerprint density at radius 1 is 1.19 bits per heavy atom. The minimum Gasteiger partial charge on any atom is -0.386 e. The number of aromatic nitrogens is 3. The molecule has 0 aliphatic heterocycles. The van der Waals surface area contributed by atoms with Crippen LogP contribution >= 0.6 is 0 Å². The van der Waals surface area contributed by atoms with Crippen molar-refractivity contribution in [1.29, 1.82) is 0 Å². The van der Waals surface area contributed by atoms with E-state index < -0.39 is 5.60 Å². The molecular formula is C19H20N4O3. The highest BCUT2D eigenvalue weighted by Crippen LogP contribution is 2.25. The van der Waals surface area contributed by atoms with Crippen LogP contribution in [0.2, 0.25) is 0 Å². The summed E-state index contributed by atoms with van der Waals surface area (Å²) < 4.78 is 4.86. The quantitative estimate of drug-likeness (QED) is 0.732. The molecule has 0 saturated heterocycles. The normalized spacial score (nSPS) is 11.4. The van der Waals surface area contributed by atoms with Crippen molar-refractivity contribution in [1.82, 2.24) is 20.4 Å². The summed E-state index contributed by atoms with van der Waals surface area (Å²) in [7, 11) is 0. The highest BCUT2D eigenvalue weighted by molar-refractivity contribution is 5.94. The number of carbonyl (C=O) groups excluding carboxylic acids is 1. The van der Waals surface area contributed by atoms with Gasteiger partial charge in [0.05, 0.1) is 12.1 Å². The zero-order valence-corrected chi connectivity index (χ0v) is 14.9. The van der Waals surface area contributed by atoms with Gasteiger partial charge < -0.3 is 14.9 Å². The number of pyridine rings is 1. The minimum atomic E-state index is -0.962. The SMILES string of the molecule is Cc1nc(CNC(=O)c2ccc(-c3cncc(C(C)(C)O)c3)cc2)no1. The molecule has 0 fully saturated rings. The summed E-state index contributed by atoms with van der Waals surface area (Å²) in [5.74, 6) is 0.671. The molecule has 0 atom stereocenters. The van der Waals surface area contributed by atoms with Crippen molar-refractivity contribution in [3.05, 3.63) is 65.6 Å². The van der Waals surface area contributed by atoms with Gasteiger partial charge in [-0.1, -0.05) is 17.3 Å². The third-order valence-electron chi connectivity index (χ3n) is 3.90. The lowest BCUT2D eigenvalue weighted by atomic mass is 9.96. The molecule has 0 bridgehead atoms. The van der Waals surface area contributed by atoms with Gasteiger partial charge in [-0.25, -0.2) is 0 Å². The van der Waals surface area contributed by atoms with Gasteiger partial charge in [-0.2, -0.15) is 4.98 Å². The molecule has 1 amide bonds. The zero-order valence-electron chi connectivity index (χ0n) is 14.9. The Morgan fingerprint density at radius 2 is 1.92 bits per heavy atom. The summed E-state index contributed by atoms with van der Waals surface area (Å²) in [6, 6.07) is 9.06. The molecule has 0 saturated carbocycles. The van der Waals surface area contributed by atoms with Crippen molar-refractivity contribution in [2.24, 2.45) is 0 Å². The van der Waals surface area contributed by atoms with Crippen molar-refractivity contribution in [3.63, 3.8) is 0 Å². The standard InChI is InChI=1S/C19H20N4O3/c1-12-22-17(23-26-12)11-21-18(24)14-6-4-13(5-7-14)15-8-16(10-20-9-15)19(2,3)25/h4-10,25H,11H2,1-3H3,(H,21,24). The van der Waals surface area contributed by atoms with Crippen LogP contribution in [0.25, 0.3) is 11.1 Å². The van der Waals surface area contributed by atoms with Gasteiger partial charge >= 0.3 is 0 Å². The van der Waals surface area contributed by atoms with Crippen molar-refractivity contribution in [2.75, 3.05) is 0 Å². The average molecular weight is 352 g/mol. The largest absolute Gasteiger partial charge is 0.386 e. The fraction of sp³-hybridized carbons (Fsp3) is 0.263. The van der Waals surface area contributed by atoms with Gasteiger partial charge in [0.25, 0.3) is 5.91 Å². The molecule has 3 rings (SSSR count). The Bertz CT molecular complexity index is 911. The number of aryl methyl sites for hydroxylation is 1. The molecule has 1 aromatic carbocycles. The van der Waals surface area contributed by atoms with Crippen molar-refractivity contribution < 1.29 is 14.4 Å². The Labute approximate surface area is 151 Å². The number of aliphatic hydroxyl groups is 1. The highest BCUT2D eigenvalue weighted by atomic mass is 16.5. The van der Waals surface area contributed by atoms with Crippen LogP contribution in [0.1, 0.15) is 41.5 Å². The number of amides is 1. The Morgan fingerprint density at radius 3 is 2.54 bits per heavy atom. The maximum Gasteiger partial charge on any atom is 0.251 e. The molecule has 0 spiro atoms. The smallest absolute Gasteiger partial charge is 0.251 e. The van der Waals surface area contributed by atoms with E-state index in [0.29, 0.717) is 17.3 Å². The van der Waals surface area contributed by atoms with Crippen LogP contribution in [0.15, 0.2) is 47.2 Å². The molecule has 2 heterocycles. The summed E-state index contributed by atoms with van der Waals surface area (Å²) in [6.45, 7) is 5.33. The second kappa shape index (κ2) is 7.05. The fourth-order valence-electron chi connectivity index (χ4n) is 2.42. The van der Waals surface area contributed by atoms with E-state index in [4.69, 9.17) is 4.52 Å². The van der Waals surface area contributed by atoms with Gasteiger partial charge in [-0.05, 0) is 37.6 Å². The minimum absolute atomic E-state index is 0.204. The van der Waals surface area contributed by atoms with Gasteiger partial charge in [-0.15, -0.1) is 0 Å². The molecule has 0 aliphatic carbocycles. The maximum atomic E-state index is 12.2. The van der Waals surface area contributed by atoms with Crippen molar-refractivity contribution in [2.45, 2.75) is 32.9 Å². The van der Waals surface area contributed by atoms with E-state index in [1.165, 1.54) is 0 Å². The van der Waals surface area contributed by atoms with E-state index in [0.717, 1.165) is 16.7 Å². The monoisotopic (exact) mass is 352 g/mol. The van der Waals surface area contributed by atoms with Crippen molar-refractivity contribution >= 4 is 5.91 Å². The Kier molecular flexibility index (Phi) is 4.81. The van der Waals surface area contributed by atoms with Crippen LogP contribution in [0.5, 0.6) is 0 Å². The van der Waals surface area contributed by atoms with Gasteiger partial charge in [-0.3, -0.25) is 9.78 Å². The number of carbonyl (C=O) groups is 1. The van der Waals surface area contributed by atoms with E-state index >= 15 is 0 Å².